The number of benzene rings is 2. The second-order valence-corrected chi connectivity index (χ2v) is 10.8. The molecule has 6 nitrogen and oxygen atoms in total. The van der Waals surface area contributed by atoms with Crippen molar-refractivity contribution in [3.63, 3.8) is 0 Å². The summed E-state index contributed by atoms with van der Waals surface area (Å²) in [6.45, 7) is 7.24. The molecule has 0 saturated carbocycles. The number of hydrogen-bond donors (Lipinski definition) is 1. The van der Waals surface area contributed by atoms with Crippen LogP contribution in [-0.4, -0.2) is 35.0 Å². The molecule has 0 spiro atoms. The summed E-state index contributed by atoms with van der Waals surface area (Å²) in [4.78, 5) is 6.81. The van der Waals surface area contributed by atoms with Crippen molar-refractivity contribution in [3.8, 4) is 11.4 Å². The lowest BCUT2D eigenvalue weighted by molar-refractivity contribution is 0.146. The first-order valence-electron chi connectivity index (χ1n) is 12.7. The van der Waals surface area contributed by atoms with Gasteiger partial charge in [-0.05, 0) is 92.6 Å². The van der Waals surface area contributed by atoms with Gasteiger partial charge in [0.2, 0.25) is 0 Å². The number of hydrogen-bond acceptors (Lipinski definition) is 4. The van der Waals surface area contributed by atoms with E-state index >= 15 is 0 Å². The van der Waals surface area contributed by atoms with E-state index in [1.807, 2.05) is 54.6 Å². The highest BCUT2D eigenvalue weighted by molar-refractivity contribution is 7.80. The first-order valence-corrected chi connectivity index (χ1v) is 13.8. The van der Waals surface area contributed by atoms with Crippen molar-refractivity contribution < 1.29 is 9.47 Å². The number of methoxy groups -OCH3 is 1. The van der Waals surface area contributed by atoms with Crippen molar-refractivity contribution in [1.29, 1.82) is 0 Å². The molecule has 0 unspecified atom stereocenters. The molecular weight excluding hydrogens is 551 g/mol. The zero-order valence-corrected chi connectivity index (χ0v) is 24.6. The predicted octanol–water partition coefficient (Wildman–Crippen LogP) is 7.31. The zero-order chi connectivity index (χ0) is 27.7. The molecule has 0 radical (unpaired) electrons. The lowest BCUT2D eigenvalue weighted by atomic mass is 9.96. The fourth-order valence-corrected chi connectivity index (χ4v) is 5.96. The van der Waals surface area contributed by atoms with Crippen LogP contribution in [0.15, 0.2) is 66.9 Å². The highest BCUT2D eigenvalue weighted by Gasteiger charge is 2.42. The van der Waals surface area contributed by atoms with E-state index in [0.29, 0.717) is 34.1 Å². The van der Waals surface area contributed by atoms with Crippen molar-refractivity contribution in [2.75, 3.05) is 25.2 Å². The Balaban J connectivity index is 1.62. The number of halogens is 2. The Morgan fingerprint density at radius 3 is 2.54 bits per heavy atom. The van der Waals surface area contributed by atoms with Gasteiger partial charge < -0.3 is 24.3 Å². The van der Waals surface area contributed by atoms with Gasteiger partial charge in [0.05, 0.1) is 29.4 Å². The molecule has 202 valence electrons. The number of nitrogens with zero attached hydrogens (tertiary/aromatic N) is 3. The van der Waals surface area contributed by atoms with Crippen LogP contribution in [0.1, 0.15) is 40.3 Å². The molecule has 0 bridgehead atoms. The van der Waals surface area contributed by atoms with Crippen LogP contribution in [0, 0.1) is 20.8 Å². The van der Waals surface area contributed by atoms with E-state index in [1.165, 1.54) is 0 Å². The van der Waals surface area contributed by atoms with Crippen molar-refractivity contribution in [3.05, 3.63) is 105 Å². The molecule has 2 aromatic heterocycles. The monoisotopic (exact) mass is 580 g/mol. The van der Waals surface area contributed by atoms with Crippen molar-refractivity contribution in [2.24, 2.45) is 0 Å². The average molecular weight is 582 g/mol. The van der Waals surface area contributed by atoms with Gasteiger partial charge in [-0.25, -0.2) is 0 Å². The number of pyridine rings is 1. The van der Waals surface area contributed by atoms with Gasteiger partial charge in [-0.1, -0.05) is 35.3 Å². The number of thiocarbonyl (C=S) groups is 1. The molecule has 1 fully saturated rings. The molecule has 0 aliphatic carbocycles. The number of ether oxygens (including phenoxy) is 2. The van der Waals surface area contributed by atoms with Gasteiger partial charge in [0.1, 0.15) is 12.4 Å². The van der Waals surface area contributed by atoms with Gasteiger partial charge in [0, 0.05) is 41.1 Å². The topological polar surface area (TPSA) is 51.6 Å². The molecule has 2 atom stereocenters. The van der Waals surface area contributed by atoms with Crippen molar-refractivity contribution in [1.82, 2.24) is 14.9 Å². The predicted molar refractivity (Wildman–Crippen MR) is 162 cm³/mol. The third-order valence-electron chi connectivity index (χ3n) is 7.04. The lowest BCUT2D eigenvalue weighted by Crippen LogP contribution is -2.29. The van der Waals surface area contributed by atoms with Crippen molar-refractivity contribution >= 4 is 46.2 Å². The summed E-state index contributed by atoms with van der Waals surface area (Å²) in [7, 11) is 1.64. The summed E-state index contributed by atoms with van der Waals surface area (Å²) in [6, 6.07) is 19.5. The van der Waals surface area contributed by atoms with Gasteiger partial charge in [0.25, 0.3) is 0 Å². The third kappa shape index (κ3) is 5.37. The van der Waals surface area contributed by atoms with Crippen molar-refractivity contribution in [2.45, 2.75) is 32.9 Å². The highest BCUT2D eigenvalue weighted by atomic mass is 35.5. The van der Waals surface area contributed by atoms with Gasteiger partial charge in [-0.15, -0.1) is 0 Å². The Morgan fingerprint density at radius 2 is 1.82 bits per heavy atom. The first kappa shape index (κ1) is 27.5. The number of aromatic nitrogens is 2. The van der Waals surface area contributed by atoms with Gasteiger partial charge in [0.15, 0.2) is 5.11 Å². The fourth-order valence-electron chi connectivity index (χ4n) is 5.22. The second kappa shape index (κ2) is 11.6. The Bertz CT molecular complexity index is 1510. The summed E-state index contributed by atoms with van der Waals surface area (Å²) >= 11 is 19.0. The molecule has 39 heavy (non-hydrogen) atoms. The Hall–Kier alpha value is -3.10. The summed E-state index contributed by atoms with van der Waals surface area (Å²) in [5.41, 5.74) is 7.30. The van der Waals surface area contributed by atoms with E-state index in [2.05, 4.69) is 46.6 Å². The van der Waals surface area contributed by atoms with Crippen LogP contribution >= 0.6 is 35.4 Å². The van der Waals surface area contributed by atoms with E-state index in [4.69, 9.17) is 44.9 Å². The Kier molecular flexibility index (Phi) is 8.14. The standard InChI is InChI=1S/C30H30Cl2N4O2S/c1-18-8-9-21(31)16-26(18)35-19(2)15-23(20(35)3)29-28(25-7-5-6-12-33-25)34-30(39)36(29)22-10-11-27(24(32)17-22)38-14-13-37-4/h5-12,15-17,28-29H,13-14H2,1-4H3,(H,34,39)/t28-,29-/m0/s1. The summed E-state index contributed by atoms with van der Waals surface area (Å²) in [5, 5.41) is 5.34. The zero-order valence-electron chi connectivity index (χ0n) is 22.2. The molecule has 3 heterocycles. The van der Waals surface area contributed by atoms with E-state index in [0.717, 1.165) is 39.6 Å². The largest absolute Gasteiger partial charge is 0.490 e. The van der Waals surface area contributed by atoms with Crippen LogP contribution < -0.4 is 15.0 Å². The average Bonchev–Trinajstić information content (AvgIpc) is 3.42. The quantitative estimate of drug-likeness (QED) is 0.174. The fraction of sp³-hybridized carbons (Fsp3) is 0.267. The smallest absolute Gasteiger partial charge is 0.174 e. The maximum Gasteiger partial charge on any atom is 0.174 e. The van der Waals surface area contributed by atoms with E-state index in [-0.39, 0.29) is 12.1 Å². The Labute approximate surface area is 244 Å². The maximum absolute atomic E-state index is 6.67. The number of rotatable bonds is 8. The molecule has 1 aliphatic rings. The van der Waals surface area contributed by atoms with Crippen LogP contribution in [0.25, 0.3) is 5.69 Å². The molecule has 4 aromatic rings. The number of anilines is 1. The highest BCUT2D eigenvalue weighted by Crippen LogP contribution is 2.45. The molecule has 1 aliphatic heterocycles. The molecule has 2 aromatic carbocycles. The van der Waals surface area contributed by atoms with E-state index in [9.17, 15) is 0 Å². The normalized spacial score (nSPS) is 17.0. The molecule has 1 saturated heterocycles. The third-order valence-corrected chi connectivity index (χ3v) is 7.88. The molecule has 1 N–H and O–H groups in total. The SMILES string of the molecule is COCCOc1ccc(N2C(=S)N[C@@H](c3ccccn3)[C@@H]2c2cc(C)n(-c3cc(Cl)ccc3C)c2C)cc1Cl. The summed E-state index contributed by atoms with van der Waals surface area (Å²) in [5.74, 6) is 0.600. The Morgan fingerprint density at radius 1 is 1.00 bits per heavy atom. The minimum Gasteiger partial charge on any atom is -0.490 e. The van der Waals surface area contributed by atoms with Crippen LogP contribution in [-0.2, 0) is 4.74 Å². The van der Waals surface area contributed by atoms with Crippen LogP contribution in [0.3, 0.4) is 0 Å². The van der Waals surface area contributed by atoms with Crippen LogP contribution in [0.4, 0.5) is 5.69 Å². The van der Waals surface area contributed by atoms with E-state index < -0.39 is 0 Å². The van der Waals surface area contributed by atoms with Crippen LogP contribution in [0.2, 0.25) is 10.0 Å². The molecular formula is C30H30Cl2N4O2S. The van der Waals surface area contributed by atoms with Gasteiger partial charge in [-0.2, -0.15) is 0 Å². The second-order valence-electron chi connectivity index (χ2n) is 9.55. The minimum absolute atomic E-state index is 0.176. The summed E-state index contributed by atoms with van der Waals surface area (Å²) in [6.07, 6.45) is 1.81. The van der Waals surface area contributed by atoms with Crippen LogP contribution in [0.5, 0.6) is 5.75 Å². The summed E-state index contributed by atoms with van der Waals surface area (Å²) < 4.78 is 13.1. The lowest BCUT2D eigenvalue weighted by Gasteiger charge is -2.28. The minimum atomic E-state index is -0.178. The molecule has 9 heteroatoms. The van der Waals surface area contributed by atoms with Gasteiger partial charge >= 0.3 is 0 Å². The number of nitrogens with one attached hydrogen (secondary N) is 1. The van der Waals surface area contributed by atoms with Gasteiger partial charge in [-0.3, -0.25) is 4.98 Å². The van der Waals surface area contributed by atoms with E-state index in [1.54, 1.807) is 13.3 Å². The first-order chi connectivity index (χ1) is 18.8. The maximum atomic E-state index is 6.67. The molecule has 5 rings (SSSR count). The number of aryl methyl sites for hydroxylation is 2. The molecule has 0 amide bonds.